The SMILES string of the molecule is c1ccc(-n2c3ccccc3c3cc(-c4ccc5c(c4)c4ccc(-c6ccc7c8cc(-c9ccc%10c(c9)c9ccccc9n%10-c9ccc(-c%10ccc%11c(ccc%12c%13ccccc%13ccc%11%12)c%10)cc9)ccc8n(-c8ccccc8)c7c6)cc4n5-c4cccc(-c5ccc6c(ccc7c8ccccc8ccc67)c5)c4)ccc32)cc1. The van der Waals surface area contributed by atoms with Crippen LogP contribution in [-0.4, -0.2) is 18.3 Å². The third-order valence-electron chi connectivity index (χ3n) is 24.3. The van der Waals surface area contributed by atoms with Crippen LogP contribution in [0.4, 0.5) is 0 Å². The first-order valence-electron chi connectivity index (χ1n) is 38.8. The normalized spacial score (nSPS) is 12.1. The second kappa shape index (κ2) is 24.3. The van der Waals surface area contributed by atoms with Crippen LogP contribution in [0.25, 0.3) is 230 Å². The van der Waals surface area contributed by atoms with Gasteiger partial charge >= 0.3 is 0 Å². The van der Waals surface area contributed by atoms with Crippen molar-refractivity contribution in [3.05, 3.63) is 400 Å². The molecule has 4 nitrogen and oxygen atoms in total. The van der Waals surface area contributed by atoms with Crippen LogP contribution < -0.4 is 0 Å². The van der Waals surface area contributed by atoms with Crippen LogP contribution in [0.3, 0.4) is 0 Å². The van der Waals surface area contributed by atoms with E-state index in [1.807, 2.05) is 0 Å². The van der Waals surface area contributed by atoms with Gasteiger partial charge in [-0.1, -0.05) is 267 Å². The molecule has 0 aliphatic carbocycles. The van der Waals surface area contributed by atoms with Crippen LogP contribution in [0.5, 0.6) is 0 Å². The molecule has 24 rings (SSSR count). The van der Waals surface area contributed by atoms with Gasteiger partial charge in [-0.15, -0.1) is 0 Å². The first kappa shape index (κ1) is 62.2. The molecule has 4 heteroatoms. The highest BCUT2D eigenvalue weighted by Crippen LogP contribution is 2.45. The van der Waals surface area contributed by atoms with Gasteiger partial charge < -0.3 is 18.3 Å². The van der Waals surface area contributed by atoms with Gasteiger partial charge in [-0.3, -0.25) is 0 Å². The second-order valence-corrected chi connectivity index (χ2v) is 30.3. The largest absolute Gasteiger partial charge is 0.309 e. The molecule has 0 saturated carbocycles. The molecule has 20 aromatic carbocycles. The van der Waals surface area contributed by atoms with E-state index in [0.29, 0.717) is 0 Å². The quantitative estimate of drug-likeness (QED) is 0.128. The molecule has 112 heavy (non-hydrogen) atoms. The fourth-order valence-corrected chi connectivity index (χ4v) is 19.0. The number of fused-ring (bicyclic) bond motifs is 22. The summed E-state index contributed by atoms with van der Waals surface area (Å²) < 4.78 is 9.78. The van der Waals surface area contributed by atoms with Crippen molar-refractivity contribution in [2.24, 2.45) is 0 Å². The molecule has 518 valence electrons. The zero-order chi connectivity index (χ0) is 73.2. The monoisotopic (exact) mass is 1420 g/mol. The smallest absolute Gasteiger partial charge is 0.0547 e. The number of aromatic nitrogens is 4. The highest BCUT2D eigenvalue weighted by Gasteiger charge is 2.22. The van der Waals surface area contributed by atoms with Crippen molar-refractivity contribution in [3.8, 4) is 78.4 Å². The van der Waals surface area contributed by atoms with Gasteiger partial charge in [0.1, 0.15) is 0 Å². The van der Waals surface area contributed by atoms with Crippen LogP contribution in [0, 0.1) is 0 Å². The Bertz CT molecular complexity index is 8110. The summed E-state index contributed by atoms with van der Waals surface area (Å²) in [5.41, 5.74) is 25.6. The molecule has 4 heterocycles. The summed E-state index contributed by atoms with van der Waals surface area (Å²) in [7, 11) is 0. The van der Waals surface area contributed by atoms with Crippen molar-refractivity contribution in [1.29, 1.82) is 0 Å². The van der Waals surface area contributed by atoms with Crippen LogP contribution >= 0.6 is 0 Å². The first-order valence-corrected chi connectivity index (χ1v) is 38.8. The maximum Gasteiger partial charge on any atom is 0.0547 e. The third kappa shape index (κ3) is 9.55. The molecule has 0 unspecified atom stereocenters. The first-order chi connectivity index (χ1) is 55.5. The Morgan fingerprint density at radius 1 is 0.107 bits per heavy atom. The minimum Gasteiger partial charge on any atom is -0.309 e. The van der Waals surface area contributed by atoms with Gasteiger partial charge in [-0.2, -0.15) is 0 Å². The Kier molecular flexibility index (Phi) is 13.5. The molecule has 24 aromatic rings. The molecule has 0 aliphatic rings. The summed E-state index contributed by atoms with van der Waals surface area (Å²) in [6, 6.07) is 150. The summed E-state index contributed by atoms with van der Waals surface area (Å²) in [6.07, 6.45) is 0. The van der Waals surface area contributed by atoms with Crippen LogP contribution in [-0.2, 0) is 0 Å². The van der Waals surface area contributed by atoms with E-state index in [0.717, 1.165) is 61.5 Å². The minimum atomic E-state index is 1.11. The van der Waals surface area contributed by atoms with E-state index in [4.69, 9.17) is 0 Å². The molecule has 0 bridgehead atoms. The Balaban J connectivity index is 0.615. The zero-order valence-electron chi connectivity index (χ0n) is 60.9. The third-order valence-corrected chi connectivity index (χ3v) is 24.3. The van der Waals surface area contributed by atoms with Crippen molar-refractivity contribution in [2.45, 2.75) is 0 Å². The molecule has 0 saturated heterocycles. The van der Waals surface area contributed by atoms with Crippen LogP contribution in [0.1, 0.15) is 0 Å². The molecular weight excluding hydrogens is 1350 g/mol. The molecule has 0 N–H and O–H groups in total. The van der Waals surface area contributed by atoms with Gasteiger partial charge in [0.15, 0.2) is 0 Å². The van der Waals surface area contributed by atoms with E-state index in [9.17, 15) is 0 Å². The molecular formula is C108H66N4. The lowest BCUT2D eigenvalue weighted by atomic mass is 9.95. The predicted molar refractivity (Wildman–Crippen MR) is 476 cm³/mol. The Labute approximate surface area is 644 Å². The van der Waals surface area contributed by atoms with Gasteiger partial charge in [0, 0.05) is 65.8 Å². The number of nitrogens with zero attached hydrogens (tertiary/aromatic N) is 4. The Hall–Kier alpha value is -14.8. The second-order valence-electron chi connectivity index (χ2n) is 30.3. The maximum absolute atomic E-state index is 2.50. The van der Waals surface area contributed by atoms with E-state index in [-0.39, 0.29) is 0 Å². The lowest BCUT2D eigenvalue weighted by Crippen LogP contribution is -1.95. The summed E-state index contributed by atoms with van der Waals surface area (Å²) in [5.74, 6) is 0. The van der Waals surface area contributed by atoms with Crippen molar-refractivity contribution in [3.63, 3.8) is 0 Å². The van der Waals surface area contributed by atoms with E-state index >= 15 is 0 Å². The minimum absolute atomic E-state index is 1.11. The molecule has 0 amide bonds. The molecule has 0 atom stereocenters. The average molecular weight is 1420 g/mol. The summed E-state index contributed by atoms with van der Waals surface area (Å²) >= 11 is 0. The Morgan fingerprint density at radius 3 is 0.821 bits per heavy atom. The number of rotatable bonds is 9. The topological polar surface area (TPSA) is 19.7 Å². The van der Waals surface area contributed by atoms with Gasteiger partial charge in [-0.05, 0) is 254 Å². The predicted octanol–water partition coefficient (Wildman–Crippen LogP) is 29.3. The molecule has 0 radical (unpaired) electrons. The number of hydrogen-bond acceptors (Lipinski definition) is 0. The fraction of sp³-hybridized carbons (Fsp3) is 0. The van der Waals surface area contributed by atoms with E-state index in [2.05, 4.69) is 419 Å². The van der Waals surface area contributed by atoms with Crippen LogP contribution in [0.15, 0.2) is 400 Å². The number of benzene rings is 20. The lowest BCUT2D eigenvalue weighted by Gasteiger charge is -2.13. The van der Waals surface area contributed by atoms with Crippen molar-refractivity contribution in [2.75, 3.05) is 0 Å². The Morgan fingerprint density at radius 2 is 0.375 bits per heavy atom. The van der Waals surface area contributed by atoms with E-state index < -0.39 is 0 Å². The van der Waals surface area contributed by atoms with Crippen molar-refractivity contribution in [1.82, 2.24) is 18.3 Å². The van der Waals surface area contributed by atoms with Crippen molar-refractivity contribution < 1.29 is 0 Å². The summed E-state index contributed by atoms with van der Waals surface area (Å²) in [5, 5.41) is 25.0. The van der Waals surface area contributed by atoms with Gasteiger partial charge in [0.25, 0.3) is 0 Å². The van der Waals surface area contributed by atoms with Crippen molar-refractivity contribution >= 4 is 152 Å². The zero-order valence-corrected chi connectivity index (χ0v) is 60.9. The summed E-state index contributed by atoms with van der Waals surface area (Å²) in [4.78, 5) is 0. The molecule has 0 aliphatic heterocycles. The van der Waals surface area contributed by atoms with Gasteiger partial charge in [0.05, 0.1) is 44.1 Å². The van der Waals surface area contributed by atoms with E-state index in [1.165, 1.54) is 169 Å². The molecule has 0 fully saturated rings. The standard InChI is InChI=1S/C108H66N4/c1-3-19-81(20-4-1)109-101-28-13-11-26-93(101)97-61-73(40-54-103(97)109)76-43-57-106-100(64-76)96-53-37-78(66-108(96)112(106)84-23-15-18-70(60-84)72-35-47-88-80(59-72)39-51-90-86-25-10-8-17-69(86)33-49-92(88)90)77-36-52-95-99-63-75(42-56-105(99)111(107(95)65-77)82-21-5-2-6-22-82)74-41-55-104-98(62-74)94-27-12-14-29-102(94)110(104)83-44-30-67(31-45-83)71-34-46-87-79(58-71)38-50-89-85-24-9-7-16-68(85)32-48-91(87)89/h1-66H. The maximum atomic E-state index is 2.50. The van der Waals surface area contributed by atoms with E-state index in [1.54, 1.807) is 0 Å². The summed E-state index contributed by atoms with van der Waals surface area (Å²) in [6.45, 7) is 0. The highest BCUT2D eigenvalue weighted by atomic mass is 15.0. The van der Waals surface area contributed by atoms with Crippen LogP contribution in [0.2, 0.25) is 0 Å². The highest BCUT2D eigenvalue weighted by molar-refractivity contribution is 6.21. The number of hydrogen-bond donors (Lipinski definition) is 0. The average Bonchev–Trinajstić information content (AvgIpc) is 1.57. The molecule has 0 spiro atoms. The number of para-hydroxylation sites is 4. The molecule has 4 aromatic heterocycles. The van der Waals surface area contributed by atoms with Gasteiger partial charge in [0.2, 0.25) is 0 Å². The fourth-order valence-electron chi connectivity index (χ4n) is 19.0. The van der Waals surface area contributed by atoms with Gasteiger partial charge in [-0.25, -0.2) is 0 Å². The lowest BCUT2D eigenvalue weighted by molar-refractivity contribution is 1.18.